The topological polar surface area (TPSA) is 155 Å². The van der Waals surface area contributed by atoms with Crippen LogP contribution >= 0.6 is 11.6 Å². The van der Waals surface area contributed by atoms with Crippen molar-refractivity contribution in [3.05, 3.63) is 46.5 Å². The molecule has 1 heterocycles. The van der Waals surface area contributed by atoms with Crippen LogP contribution in [0.15, 0.2) is 35.9 Å². The van der Waals surface area contributed by atoms with Crippen LogP contribution in [0.4, 0.5) is 10.5 Å². The van der Waals surface area contributed by atoms with E-state index in [1.807, 2.05) is 40.7 Å². The molecule has 0 spiro atoms. The molecule has 274 valence electrons. The van der Waals surface area contributed by atoms with Gasteiger partial charge in [0.1, 0.15) is 29.0 Å². The summed E-state index contributed by atoms with van der Waals surface area (Å²) in [5.41, 5.74) is -0.665. The molecule has 3 N–H and O–H groups in total. The number of methoxy groups -OCH3 is 2. The van der Waals surface area contributed by atoms with Crippen LogP contribution in [0.2, 0.25) is 5.02 Å². The molecule has 6 atom stereocenters. The Kier molecular flexibility index (Phi) is 14.7. The molecule has 0 unspecified atom stereocenters. The van der Waals surface area contributed by atoms with Crippen LogP contribution in [0.1, 0.15) is 73.3 Å². The number of aliphatic hydroxyl groups is 1. The van der Waals surface area contributed by atoms with Gasteiger partial charge in [-0.15, -0.1) is 0 Å². The molecule has 1 aromatic carbocycles. The lowest BCUT2D eigenvalue weighted by Gasteiger charge is -2.42. The molecule has 0 saturated heterocycles. The van der Waals surface area contributed by atoms with Gasteiger partial charge in [-0.05, 0) is 56.2 Å². The van der Waals surface area contributed by atoms with Crippen LogP contribution in [0.3, 0.4) is 0 Å². The number of rotatable bonds is 6. The quantitative estimate of drug-likeness (QED) is 0.254. The average Bonchev–Trinajstić information content (AvgIpc) is 3.00. The van der Waals surface area contributed by atoms with Crippen molar-refractivity contribution >= 4 is 41.2 Å². The number of carbonyl (C=O) groups excluding carboxylic acids is 3. The van der Waals surface area contributed by atoms with E-state index in [9.17, 15) is 29.4 Å². The summed E-state index contributed by atoms with van der Waals surface area (Å²) in [7, 11) is 5.99. The Morgan fingerprint density at radius 3 is 2.37 bits per heavy atom. The lowest BCUT2D eigenvalue weighted by Crippen LogP contribution is -2.57. The molecule has 0 fully saturated rings. The van der Waals surface area contributed by atoms with Crippen LogP contribution in [0.5, 0.6) is 5.75 Å². The third-order valence-electron chi connectivity index (χ3n) is 9.79. The van der Waals surface area contributed by atoms with E-state index in [2.05, 4.69) is 5.32 Å². The van der Waals surface area contributed by atoms with Crippen molar-refractivity contribution in [1.82, 2.24) is 10.2 Å². The number of ether oxygens (including phenoxy) is 3. The van der Waals surface area contributed by atoms with Crippen LogP contribution in [-0.2, 0) is 30.3 Å². The number of benzene rings is 1. The molecule has 1 aromatic rings. The number of amides is 3. The number of nitrogens with one attached hydrogen (secondary N) is 1. The number of allylic oxidation sites excluding steroid dienone is 3. The van der Waals surface area contributed by atoms with Crippen molar-refractivity contribution in [2.75, 3.05) is 33.2 Å². The van der Waals surface area contributed by atoms with Gasteiger partial charge in [0.2, 0.25) is 11.8 Å². The number of fused-ring (bicyclic) bond motifs is 2. The van der Waals surface area contributed by atoms with Crippen LogP contribution < -0.4 is 15.0 Å². The number of esters is 1. The van der Waals surface area contributed by atoms with E-state index < -0.39 is 41.5 Å². The molecule has 0 aromatic heterocycles. The summed E-state index contributed by atoms with van der Waals surface area (Å²) in [4.78, 5) is 54.0. The zero-order valence-corrected chi connectivity index (χ0v) is 31.4. The fourth-order valence-corrected chi connectivity index (χ4v) is 6.40. The van der Waals surface area contributed by atoms with E-state index in [1.165, 1.54) is 38.0 Å². The minimum atomic E-state index is -1.97. The summed E-state index contributed by atoms with van der Waals surface area (Å²) in [6, 6.07) is 2.67. The van der Waals surface area contributed by atoms with E-state index in [-0.39, 0.29) is 41.5 Å². The van der Waals surface area contributed by atoms with Crippen molar-refractivity contribution in [2.24, 2.45) is 17.3 Å². The summed E-state index contributed by atoms with van der Waals surface area (Å²) in [5.74, 6) is -1.45. The van der Waals surface area contributed by atoms with Gasteiger partial charge in [-0.25, -0.2) is 9.59 Å². The van der Waals surface area contributed by atoms with Crippen molar-refractivity contribution < 1.29 is 43.6 Å². The SMILES string of the molecule is COc1cc2cc(c1Cl)N(C)C(=O)C[C@H](OC(=O)[C@H](C)N(C)C(C)=O)C(C)(C)[C@@H](C)C[C@@H](C)C[C@@](O)(NC(=O)O)[C@H](OC)/C=C/C=C(\C)C2. The van der Waals surface area contributed by atoms with E-state index in [1.54, 1.807) is 38.3 Å². The lowest BCUT2D eigenvalue weighted by molar-refractivity contribution is -0.166. The fourth-order valence-electron chi connectivity index (χ4n) is 6.09. The van der Waals surface area contributed by atoms with Crippen LogP contribution in [-0.4, -0.2) is 91.3 Å². The maximum atomic E-state index is 14.0. The summed E-state index contributed by atoms with van der Waals surface area (Å²) in [5, 5.41) is 23.8. The minimum Gasteiger partial charge on any atom is -0.495 e. The number of anilines is 1. The Morgan fingerprint density at radius 1 is 1.18 bits per heavy atom. The Labute approximate surface area is 295 Å². The third-order valence-corrected chi connectivity index (χ3v) is 10.2. The van der Waals surface area contributed by atoms with Gasteiger partial charge >= 0.3 is 12.1 Å². The Balaban J connectivity index is 2.75. The second-order valence-electron chi connectivity index (χ2n) is 13.9. The molecule has 0 saturated carbocycles. The zero-order valence-electron chi connectivity index (χ0n) is 30.6. The van der Waals surface area contributed by atoms with Crippen LogP contribution in [0.25, 0.3) is 0 Å². The van der Waals surface area contributed by atoms with E-state index >= 15 is 0 Å². The number of hydrogen-bond donors (Lipinski definition) is 3. The molecule has 1 aliphatic heterocycles. The van der Waals surface area contributed by atoms with Gasteiger partial charge in [-0.1, -0.05) is 63.1 Å². The summed E-state index contributed by atoms with van der Waals surface area (Å²) >= 11 is 6.73. The lowest BCUT2D eigenvalue weighted by atomic mass is 9.70. The molecular weight excluding hydrogens is 654 g/mol. The van der Waals surface area contributed by atoms with Crippen molar-refractivity contribution in [3.63, 3.8) is 0 Å². The Bertz CT molecular complexity index is 1430. The highest BCUT2D eigenvalue weighted by Crippen LogP contribution is 2.41. The highest BCUT2D eigenvalue weighted by molar-refractivity contribution is 6.35. The molecular formula is C36H54ClN3O9. The fraction of sp³-hybridized carbons (Fsp3) is 0.611. The van der Waals surface area contributed by atoms with Crippen molar-refractivity contribution in [2.45, 2.75) is 98.1 Å². The first-order valence-electron chi connectivity index (χ1n) is 16.3. The predicted octanol–water partition coefficient (Wildman–Crippen LogP) is 5.59. The van der Waals surface area contributed by atoms with Crippen molar-refractivity contribution in [1.29, 1.82) is 0 Å². The highest BCUT2D eigenvalue weighted by Gasteiger charge is 2.43. The molecule has 2 bridgehead atoms. The molecule has 2 rings (SSSR count). The maximum Gasteiger partial charge on any atom is 0.406 e. The number of hydrogen-bond acceptors (Lipinski definition) is 8. The van der Waals surface area contributed by atoms with Gasteiger partial charge in [0, 0.05) is 40.0 Å². The normalized spacial score (nSPS) is 27.7. The molecule has 0 radical (unpaired) electrons. The monoisotopic (exact) mass is 707 g/mol. The number of halogens is 1. The third kappa shape index (κ3) is 10.7. The molecule has 0 aliphatic carbocycles. The number of carboxylic acid groups (broad SMARTS) is 1. The minimum absolute atomic E-state index is 0.00194. The van der Waals surface area contributed by atoms with Crippen LogP contribution in [0, 0.1) is 17.3 Å². The summed E-state index contributed by atoms with van der Waals surface area (Å²) < 4.78 is 17.2. The standard InChI is InChI=1S/C36H54ClN3O9/c1-21-13-12-14-29(48-11)36(46,38-34(44)45)20-22(2)15-23(3)35(6,7)30(49-33(43)24(4)39(8)25(5)41)19-31(42)40(9)27-17-26(16-21)18-28(47-10)32(27)37/h12-14,17-18,22-24,29-30,38,46H,15-16,19-20H2,1-11H3,(H,44,45)/b14-12+,21-13+/t22-,23+,24+,29-,30+,36+/m1/s1. The molecule has 49 heavy (non-hydrogen) atoms. The number of carbonyl (C=O) groups is 4. The van der Waals surface area contributed by atoms with Gasteiger partial charge < -0.3 is 34.2 Å². The van der Waals surface area contributed by atoms with Gasteiger partial charge in [0.05, 0.1) is 19.2 Å². The van der Waals surface area contributed by atoms with E-state index in [0.29, 0.717) is 24.3 Å². The predicted molar refractivity (Wildman–Crippen MR) is 189 cm³/mol. The van der Waals surface area contributed by atoms with Gasteiger partial charge in [-0.2, -0.15) is 0 Å². The van der Waals surface area contributed by atoms with Gasteiger partial charge in [0.15, 0.2) is 5.72 Å². The van der Waals surface area contributed by atoms with Gasteiger partial charge in [0.25, 0.3) is 0 Å². The average molecular weight is 708 g/mol. The smallest absolute Gasteiger partial charge is 0.406 e. The first-order valence-corrected chi connectivity index (χ1v) is 16.7. The van der Waals surface area contributed by atoms with Crippen molar-refractivity contribution in [3.8, 4) is 5.75 Å². The Morgan fingerprint density at radius 2 is 1.82 bits per heavy atom. The van der Waals surface area contributed by atoms with Gasteiger partial charge in [-0.3, -0.25) is 14.9 Å². The second-order valence-corrected chi connectivity index (χ2v) is 14.3. The molecule has 13 heteroatoms. The number of nitrogens with zero attached hydrogens (tertiary/aromatic N) is 2. The van der Waals surface area contributed by atoms with E-state index in [4.69, 9.17) is 25.8 Å². The molecule has 1 aliphatic rings. The van der Waals surface area contributed by atoms with E-state index in [0.717, 1.165) is 11.1 Å². The highest BCUT2D eigenvalue weighted by atomic mass is 35.5. The zero-order chi connectivity index (χ0) is 37.4. The number of likely N-dealkylation sites (N-methyl/N-ethyl adjacent to an activating group) is 1. The maximum absolute atomic E-state index is 14.0. The Hall–Kier alpha value is -3.61. The first kappa shape index (κ1) is 41.6. The molecule has 3 amide bonds. The molecule has 12 nitrogen and oxygen atoms in total. The summed E-state index contributed by atoms with van der Waals surface area (Å²) in [6.07, 6.45) is 2.47. The summed E-state index contributed by atoms with van der Waals surface area (Å²) in [6.45, 7) is 12.4. The largest absolute Gasteiger partial charge is 0.495 e. The first-order chi connectivity index (χ1) is 22.7. The second kappa shape index (κ2) is 17.4.